The van der Waals surface area contributed by atoms with E-state index in [0.29, 0.717) is 44.7 Å². The van der Waals surface area contributed by atoms with Crippen molar-refractivity contribution in [3.63, 3.8) is 0 Å². The molecule has 0 saturated carbocycles. The topological polar surface area (TPSA) is 58.6 Å². The van der Waals surface area contributed by atoms with Crippen LogP contribution in [0.2, 0.25) is 0 Å². The van der Waals surface area contributed by atoms with Crippen molar-refractivity contribution in [3.05, 3.63) is 24.3 Å². The van der Waals surface area contributed by atoms with Crippen LogP contribution >= 0.6 is 0 Å². The average molecular weight is 276 g/mol. The number of ether oxygens (including phenoxy) is 1. The molecule has 0 fully saturated rings. The Balaban J connectivity index is 2.07. The molecule has 0 unspecified atom stereocenters. The SMILES string of the molecule is CCOCCCC(=O)N1CCC(=O)Nc2ccccc21. The van der Waals surface area contributed by atoms with Gasteiger partial charge in [-0.25, -0.2) is 0 Å². The summed E-state index contributed by atoms with van der Waals surface area (Å²) >= 11 is 0. The smallest absolute Gasteiger partial charge is 0.227 e. The van der Waals surface area contributed by atoms with Crippen LogP contribution in [0.4, 0.5) is 11.4 Å². The molecule has 2 rings (SSSR count). The van der Waals surface area contributed by atoms with Crippen molar-refractivity contribution in [3.8, 4) is 0 Å². The monoisotopic (exact) mass is 276 g/mol. The minimum atomic E-state index is -0.0536. The molecule has 5 nitrogen and oxygen atoms in total. The third-order valence-corrected chi connectivity index (χ3v) is 3.22. The molecule has 0 radical (unpaired) electrons. The van der Waals surface area contributed by atoms with Gasteiger partial charge < -0.3 is 15.0 Å². The molecule has 0 bridgehead atoms. The second kappa shape index (κ2) is 7.05. The second-order valence-corrected chi connectivity index (χ2v) is 4.66. The highest BCUT2D eigenvalue weighted by molar-refractivity contribution is 6.03. The predicted octanol–water partition coefficient (Wildman–Crippen LogP) is 2.18. The molecule has 2 amide bonds. The first-order valence-electron chi connectivity index (χ1n) is 6.99. The summed E-state index contributed by atoms with van der Waals surface area (Å²) in [4.78, 5) is 25.7. The highest BCUT2D eigenvalue weighted by Gasteiger charge is 2.23. The second-order valence-electron chi connectivity index (χ2n) is 4.66. The van der Waals surface area contributed by atoms with Gasteiger partial charge in [-0.15, -0.1) is 0 Å². The summed E-state index contributed by atoms with van der Waals surface area (Å²) < 4.78 is 5.25. The van der Waals surface area contributed by atoms with E-state index in [4.69, 9.17) is 4.74 Å². The lowest BCUT2D eigenvalue weighted by Gasteiger charge is -2.22. The van der Waals surface area contributed by atoms with Crippen molar-refractivity contribution in [1.82, 2.24) is 0 Å². The fourth-order valence-corrected chi connectivity index (χ4v) is 2.23. The lowest BCUT2D eigenvalue weighted by Crippen LogP contribution is -2.31. The van der Waals surface area contributed by atoms with Crippen molar-refractivity contribution in [2.45, 2.75) is 26.2 Å². The van der Waals surface area contributed by atoms with Crippen LogP contribution in [0.5, 0.6) is 0 Å². The number of benzene rings is 1. The fourth-order valence-electron chi connectivity index (χ4n) is 2.23. The van der Waals surface area contributed by atoms with E-state index < -0.39 is 0 Å². The number of hydrogen-bond acceptors (Lipinski definition) is 3. The van der Waals surface area contributed by atoms with Gasteiger partial charge in [-0.05, 0) is 25.5 Å². The highest BCUT2D eigenvalue weighted by atomic mass is 16.5. The number of fused-ring (bicyclic) bond motifs is 1. The largest absolute Gasteiger partial charge is 0.382 e. The zero-order chi connectivity index (χ0) is 14.4. The van der Waals surface area contributed by atoms with Crippen molar-refractivity contribution < 1.29 is 14.3 Å². The van der Waals surface area contributed by atoms with Gasteiger partial charge in [-0.2, -0.15) is 0 Å². The molecule has 0 spiro atoms. The lowest BCUT2D eigenvalue weighted by atomic mass is 10.2. The van der Waals surface area contributed by atoms with E-state index in [1.165, 1.54) is 0 Å². The molecule has 0 atom stereocenters. The van der Waals surface area contributed by atoms with Crippen LogP contribution in [-0.2, 0) is 14.3 Å². The van der Waals surface area contributed by atoms with Gasteiger partial charge in [-0.1, -0.05) is 12.1 Å². The summed E-state index contributed by atoms with van der Waals surface area (Å²) in [5.74, 6) is -0.0179. The minimum absolute atomic E-state index is 0.0358. The minimum Gasteiger partial charge on any atom is -0.382 e. The molecule has 1 heterocycles. The van der Waals surface area contributed by atoms with Crippen LogP contribution < -0.4 is 10.2 Å². The molecular formula is C15H20N2O3. The number of anilines is 2. The summed E-state index contributed by atoms with van der Waals surface area (Å²) in [5, 5.41) is 2.83. The Morgan fingerprint density at radius 2 is 2.20 bits per heavy atom. The molecule has 108 valence electrons. The van der Waals surface area contributed by atoms with Crippen molar-refractivity contribution in [2.75, 3.05) is 30.0 Å². The molecule has 1 aromatic carbocycles. The number of carbonyl (C=O) groups excluding carboxylic acids is 2. The summed E-state index contributed by atoms with van der Waals surface area (Å²) in [7, 11) is 0. The maximum atomic E-state index is 12.3. The van der Waals surface area contributed by atoms with E-state index in [2.05, 4.69) is 5.32 Å². The number of amides is 2. The molecule has 0 aromatic heterocycles. The van der Waals surface area contributed by atoms with Crippen LogP contribution in [0.3, 0.4) is 0 Å². The maximum absolute atomic E-state index is 12.3. The number of carbonyl (C=O) groups is 2. The van der Waals surface area contributed by atoms with E-state index in [1.54, 1.807) is 4.90 Å². The number of nitrogens with zero attached hydrogens (tertiary/aromatic N) is 1. The van der Waals surface area contributed by atoms with Gasteiger partial charge in [0.25, 0.3) is 0 Å². The highest BCUT2D eigenvalue weighted by Crippen LogP contribution is 2.28. The summed E-state index contributed by atoms with van der Waals surface area (Å²) in [5.41, 5.74) is 1.48. The van der Waals surface area contributed by atoms with E-state index >= 15 is 0 Å². The average Bonchev–Trinajstić information content (AvgIpc) is 2.61. The molecule has 1 aliphatic rings. The molecule has 0 aliphatic carbocycles. The molecule has 1 aliphatic heterocycles. The van der Waals surface area contributed by atoms with Crippen molar-refractivity contribution >= 4 is 23.2 Å². The zero-order valence-electron chi connectivity index (χ0n) is 11.7. The van der Waals surface area contributed by atoms with Gasteiger partial charge in [0, 0.05) is 32.6 Å². The Morgan fingerprint density at radius 3 is 3.00 bits per heavy atom. The molecule has 1 N–H and O–H groups in total. The zero-order valence-corrected chi connectivity index (χ0v) is 11.7. The normalized spacial score (nSPS) is 14.4. The van der Waals surface area contributed by atoms with Crippen LogP contribution in [-0.4, -0.2) is 31.6 Å². The van der Waals surface area contributed by atoms with Gasteiger partial charge >= 0.3 is 0 Å². The van der Waals surface area contributed by atoms with Crippen LogP contribution in [0.1, 0.15) is 26.2 Å². The predicted molar refractivity (Wildman–Crippen MR) is 77.8 cm³/mol. The maximum Gasteiger partial charge on any atom is 0.227 e. The van der Waals surface area contributed by atoms with Crippen LogP contribution in [0.25, 0.3) is 0 Å². The first-order valence-corrected chi connectivity index (χ1v) is 6.99. The van der Waals surface area contributed by atoms with Gasteiger partial charge in [-0.3, -0.25) is 9.59 Å². The van der Waals surface area contributed by atoms with E-state index in [0.717, 1.165) is 5.69 Å². The number of para-hydroxylation sites is 2. The third kappa shape index (κ3) is 3.57. The Bertz CT molecular complexity index is 488. The van der Waals surface area contributed by atoms with Gasteiger partial charge in [0.2, 0.25) is 11.8 Å². The molecule has 20 heavy (non-hydrogen) atoms. The lowest BCUT2D eigenvalue weighted by molar-refractivity contribution is -0.119. The fraction of sp³-hybridized carbons (Fsp3) is 0.467. The van der Waals surface area contributed by atoms with Crippen LogP contribution in [0.15, 0.2) is 24.3 Å². The molecular weight excluding hydrogens is 256 g/mol. The number of rotatable bonds is 5. The van der Waals surface area contributed by atoms with E-state index in [-0.39, 0.29) is 11.8 Å². The van der Waals surface area contributed by atoms with E-state index in [1.807, 2.05) is 31.2 Å². The van der Waals surface area contributed by atoms with Gasteiger partial charge in [0.05, 0.1) is 11.4 Å². The van der Waals surface area contributed by atoms with E-state index in [9.17, 15) is 9.59 Å². The standard InChI is InChI=1S/C15H20N2O3/c1-2-20-11-5-8-15(19)17-10-9-14(18)16-12-6-3-4-7-13(12)17/h3-4,6-7H,2,5,8-11H2,1H3,(H,16,18). The summed E-state index contributed by atoms with van der Waals surface area (Å²) in [6.07, 6.45) is 1.46. The summed E-state index contributed by atoms with van der Waals surface area (Å²) in [6.45, 7) is 3.62. The van der Waals surface area contributed by atoms with Crippen molar-refractivity contribution in [1.29, 1.82) is 0 Å². The quantitative estimate of drug-likeness (QED) is 0.839. The summed E-state index contributed by atoms with van der Waals surface area (Å²) in [6, 6.07) is 7.40. The van der Waals surface area contributed by atoms with Gasteiger partial charge in [0.15, 0.2) is 0 Å². The Hall–Kier alpha value is -1.88. The molecule has 1 aromatic rings. The molecule has 5 heteroatoms. The van der Waals surface area contributed by atoms with Crippen molar-refractivity contribution in [2.24, 2.45) is 0 Å². The number of hydrogen-bond donors (Lipinski definition) is 1. The first kappa shape index (κ1) is 14.5. The third-order valence-electron chi connectivity index (χ3n) is 3.22. The Kier molecular flexibility index (Phi) is 5.12. The Labute approximate surface area is 118 Å². The number of nitrogens with one attached hydrogen (secondary N) is 1. The molecule has 0 saturated heterocycles. The first-order chi connectivity index (χ1) is 9.72. The Morgan fingerprint density at radius 1 is 1.40 bits per heavy atom. The van der Waals surface area contributed by atoms with Crippen LogP contribution in [0, 0.1) is 0 Å². The van der Waals surface area contributed by atoms with Gasteiger partial charge in [0.1, 0.15) is 0 Å².